The smallest absolute Gasteiger partial charge is 0.0517 e. The van der Waals surface area contributed by atoms with Crippen molar-refractivity contribution >= 4 is 17.3 Å². The van der Waals surface area contributed by atoms with Crippen molar-refractivity contribution in [2.75, 3.05) is 5.32 Å². The van der Waals surface area contributed by atoms with E-state index in [-0.39, 0.29) is 5.41 Å². The fourth-order valence-electron chi connectivity index (χ4n) is 3.14. The van der Waals surface area contributed by atoms with E-state index in [0.717, 1.165) is 17.1 Å². The Morgan fingerprint density at radius 3 is 2.70 bits per heavy atom. The normalized spacial score (nSPS) is 20.2. The lowest BCUT2D eigenvalue weighted by Gasteiger charge is -2.37. The molecule has 1 aliphatic carbocycles. The Morgan fingerprint density at radius 1 is 1.10 bits per heavy atom. The van der Waals surface area contributed by atoms with Gasteiger partial charge in [0.1, 0.15) is 0 Å². The van der Waals surface area contributed by atoms with Crippen LogP contribution in [0.3, 0.4) is 0 Å². The third-order valence-corrected chi connectivity index (χ3v) is 4.52. The minimum atomic E-state index is 0.267. The molecule has 2 aromatic carbocycles. The van der Waals surface area contributed by atoms with E-state index >= 15 is 0 Å². The van der Waals surface area contributed by atoms with E-state index in [9.17, 15) is 0 Å². The number of hydrogen-bond acceptors (Lipinski definition) is 1. The van der Waals surface area contributed by atoms with Gasteiger partial charge < -0.3 is 5.32 Å². The van der Waals surface area contributed by atoms with E-state index in [1.54, 1.807) is 0 Å². The number of rotatable bonds is 2. The van der Waals surface area contributed by atoms with E-state index in [1.165, 1.54) is 17.5 Å². The lowest BCUT2D eigenvalue weighted by molar-refractivity contribution is 0.406. The molecule has 0 heterocycles. The number of hydrogen-bond donors (Lipinski definition) is 1. The Kier molecular flexibility index (Phi) is 3.47. The van der Waals surface area contributed by atoms with Gasteiger partial charge in [0.2, 0.25) is 0 Å². The highest BCUT2D eigenvalue weighted by Gasteiger charge is 2.32. The van der Waals surface area contributed by atoms with E-state index in [2.05, 4.69) is 49.5 Å². The summed E-state index contributed by atoms with van der Waals surface area (Å²) in [5.41, 5.74) is 4.25. The Hall–Kier alpha value is -1.47. The van der Waals surface area contributed by atoms with Gasteiger partial charge in [-0.15, -0.1) is 0 Å². The average Bonchev–Trinajstić information content (AvgIpc) is 2.43. The first kappa shape index (κ1) is 13.5. The molecule has 1 aliphatic rings. The predicted molar refractivity (Wildman–Crippen MR) is 86.5 cm³/mol. The Labute approximate surface area is 126 Å². The molecule has 1 atom stereocenters. The summed E-state index contributed by atoms with van der Waals surface area (Å²) in [6.07, 6.45) is 2.35. The van der Waals surface area contributed by atoms with Crippen LogP contribution in [0.4, 0.5) is 5.69 Å². The fraction of sp³-hybridized carbons (Fsp3) is 0.333. The molecular formula is C18H20ClN. The van der Waals surface area contributed by atoms with Crippen LogP contribution < -0.4 is 5.32 Å². The van der Waals surface area contributed by atoms with E-state index in [4.69, 9.17) is 11.6 Å². The summed E-state index contributed by atoms with van der Waals surface area (Å²) >= 11 is 6.07. The molecule has 1 nitrogen and oxygen atoms in total. The van der Waals surface area contributed by atoms with Crippen LogP contribution in [0.2, 0.25) is 5.02 Å². The van der Waals surface area contributed by atoms with Crippen molar-refractivity contribution in [1.29, 1.82) is 0 Å². The van der Waals surface area contributed by atoms with Gasteiger partial charge in [-0.3, -0.25) is 0 Å². The fourth-order valence-corrected chi connectivity index (χ4v) is 3.33. The molecule has 3 rings (SSSR count). The van der Waals surface area contributed by atoms with Crippen molar-refractivity contribution in [1.82, 2.24) is 0 Å². The van der Waals surface area contributed by atoms with Crippen LogP contribution in [0, 0.1) is 0 Å². The topological polar surface area (TPSA) is 12.0 Å². The Morgan fingerprint density at radius 2 is 1.90 bits per heavy atom. The van der Waals surface area contributed by atoms with Crippen molar-refractivity contribution in [3.63, 3.8) is 0 Å². The zero-order valence-corrected chi connectivity index (χ0v) is 12.7. The highest BCUT2D eigenvalue weighted by molar-refractivity contribution is 6.30. The molecule has 0 amide bonds. The van der Waals surface area contributed by atoms with Gasteiger partial charge in [0.25, 0.3) is 0 Å². The summed E-state index contributed by atoms with van der Waals surface area (Å²) in [5, 5.41) is 4.41. The maximum absolute atomic E-state index is 6.07. The van der Waals surface area contributed by atoms with Crippen molar-refractivity contribution < 1.29 is 0 Å². The van der Waals surface area contributed by atoms with Gasteiger partial charge in [-0.25, -0.2) is 0 Å². The molecule has 0 bridgehead atoms. The average molecular weight is 286 g/mol. The molecule has 104 valence electrons. The molecule has 2 aromatic rings. The lowest BCUT2D eigenvalue weighted by atomic mass is 9.71. The summed E-state index contributed by atoms with van der Waals surface area (Å²) < 4.78 is 0. The number of anilines is 1. The maximum Gasteiger partial charge on any atom is 0.0517 e. The standard InChI is InChI=1S/C18H20ClN/c1-18(2)11-10-17(15-8-3-4-9-16(15)18)20-14-7-5-6-13(19)12-14/h3-9,12,17,20H,10-11H2,1-2H3. The van der Waals surface area contributed by atoms with Crippen LogP contribution in [0.15, 0.2) is 48.5 Å². The summed E-state index contributed by atoms with van der Waals surface area (Å²) in [7, 11) is 0. The molecule has 0 aliphatic heterocycles. The summed E-state index contributed by atoms with van der Waals surface area (Å²) in [6.45, 7) is 4.67. The molecular weight excluding hydrogens is 266 g/mol. The number of benzene rings is 2. The van der Waals surface area contributed by atoms with Crippen LogP contribution in [-0.2, 0) is 5.41 Å². The first-order valence-electron chi connectivity index (χ1n) is 7.18. The zero-order valence-electron chi connectivity index (χ0n) is 12.0. The molecule has 2 heteroatoms. The van der Waals surface area contributed by atoms with Crippen LogP contribution in [-0.4, -0.2) is 0 Å². The number of nitrogens with one attached hydrogen (secondary N) is 1. The van der Waals surface area contributed by atoms with E-state index in [1.807, 2.05) is 18.2 Å². The van der Waals surface area contributed by atoms with Gasteiger partial charge in [-0.1, -0.05) is 55.8 Å². The molecule has 0 saturated heterocycles. The third kappa shape index (κ3) is 2.55. The van der Waals surface area contributed by atoms with Crippen molar-refractivity contribution in [3.8, 4) is 0 Å². The van der Waals surface area contributed by atoms with E-state index < -0.39 is 0 Å². The maximum atomic E-state index is 6.07. The molecule has 0 aromatic heterocycles. The first-order chi connectivity index (χ1) is 9.56. The SMILES string of the molecule is CC1(C)CCC(Nc2cccc(Cl)c2)c2ccccc21. The van der Waals surface area contributed by atoms with Crippen LogP contribution in [0.25, 0.3) is 0 Å². The van der Waals surface area contributed by atoms with Gasteiger partial charge in [0, 0.05) is 10.7 Å². The van der Waals surface area contributed by atoms with Crippen LogP contribution in [0.1, 0.15) is 43.9 Å². The van der Waals surface area contributed by atoms with Gasteiger partial charge >= 0.3 is 0 Å². The summed E-state index contributed by atoms with van der Waals surface area (Å²) in [6, 6.07) is 17.1. The second-order valence-electron chi connectivity index (χ2n) is 6.22. The molecule has 0 spiro atoms. The second-order valence-corrected chi connectivity index (χ2v) is 6.65. The largest absolute Gasteiger partial charge is 0.378 e. The molecule has 0 fully saturated rings. The minimum Gasteiger partial charge on any atom is -0.378 e. The van der Waals surface area contributed by atoms with Crippen molar-refractivity contribution in [2.24, 2.45) is 0 Å². The van der Waals surface area contributed by atoms with Gasteiger partial charge in [0.05, 0.1) is 6.04 Å². The predicted octanol–water partition coefficient (Wildman–Crippen LogP) is 5.56. The zero-order chi connectivity index (χ0) is 14.2. The Balaban J connectivity index is 1.92. The molecule has 0 saturated carbocycles. The minimum absolute atomic E-state index is 0.267. The van der Waals surface area contributed by atoms with Gasteiger partial charge in [-0.05, 0) is 47.6 Å². The van der Waals surface area contributed by atoms with Crippen LogP contribution >= 0.6 is 11.6 Å². The summed E-state index contributed by atoms with van der Waals surface area (Å²) in [5.74, 6) is 0. The second kappa shape index (κ2) is 5.14. The monoisotopic (exact) mass is 285 g/mol. The number of halogens is 1. The van der Waals surface area contributed by atoms with Crippen LogP contribution in [0.5, 0.6) is 0 Å². The lowest BCUT2D eigenvalue weighted by Crippen LogP contribution is -2.29. The molecule has 1 N–H and O–H groups in total. The summed E-state index contributed by atoms with van der Waals surface area (Å²) in [4.78, 5) is 0. The molecule has 0 radical (unpaired) electrons. The van der Waals surface area contributed by atoms with Crippen molar-refractivity contribution in [2.45, 2.75) is 38.1 Å². The van der Waals surface area contributed by atoms with E-state index in [0.29, 0.717) is 6.04 Å². The van der Waals surface area contributed by atoms with Gasteiger partial charge in [-0.2, -0.15) is 0 Å². The van der Waals surface area contributed by atoms with Gasteiger partial charge in [0.15, 0.2) is 0 Å². The Bertz CT molecular complexity index is 618. The first-order valence-corrected chi connectivity index (χ1v) is 7.55. The molecule has 1 unspecified atom stereocenters. The highest BCUT2D eigenvalue weighted by atomic mass is 35.5. The molecule has 20 heavy (non-hydrogen) atoms. The number of fused-ring (bicyclic) bond motifs is 1. The van der Waals surface area contributed by atoms with Crippen molar-refractivity contribution in [3.05, 3.63) is 64.7 Å². The quantitative estimate of drug-likeness (QED) is 0.761. The third-order valence-electron chi connectivity index (χ3n) is 4.29. The highest BCUT2D eigenvalue weighted by Crippen LogP contribution is 2.42.